The molecule has 2 atom stereocenters. The van der Waals surface area contributed by atoms with Crippen LogP contribution in [0.15, 0.2) is 6.07 Å². The van der Waals surface area contributed by atoms with Crippen molar-refractivity contribution in [3.63, 3.8) is 0 Å². The maximum atomic E-state index is 6.04. The van der Waals surface area contributed by atoms with Gasteiger partial charge in [-0.05, 0) is 30.9 Å². The van der Waals surface area contributed by atoms with Crippen LogP contribution in [0.2, 0.25) is 0 Å². The monoisotopic (exact) mass is 178 g/mol. The number of aromatic amines is 1. The van der Waals surface area contributed by atoms with E-state index in [4.69, 9.17) is 5.73 Å². The highest BCUT2D eigenvalue weighted by molar-refractivity contribution is 5.38. The van der Waals surface area contributed by atoms with Gasteiger partial charge in [0.1, 0.15) is 0 Å². The minimum absolute atomic E-state index is 0.291. The molecule has 0 aromatic carbocycles. The summed E-state index contributed by atoms with van der Waals surface area (Å²) in [5.41, 5.74) is 10.3. The first kappa shape index (κ1) is 8.82. The van der Waals surface area contributed by atoms with Gasteiger partial charge >= 0.3 is 0 Å². The molecule has 1 aromatic rings. The van der Waals surface area contributed by atoms with E-state index in [1.807, 2.05) is 0 Å². The summed E-state index contributed by atoms with van der Waals surface area (Å²) in [4.78, 5) is 3.33. The van der Waals surface area contributed by atoms with Crippen LogP contribution in [0.25, 0.3) is 0 Å². The molecular formula is C11H18N2. The van der Waals surface area contributed by atoms with Crippen LogP contribution in [0.1, 0.15) is 36.7 Å². The second-order valence-electron chi connectivity index (χ2n) is 4.86. The minimum atomic E-state index is 0.291. The topological polar surface area (TPSA) is 41.8 Å². The van der Waals surface area contributed by atoms with Crippen molar-refractivity contribution >= 4 is 0 Å². The average molecular weight is 178 g/mol. The van der Waals surface area contributed by atoms with Gasteiger partial charge in [0.2, 0.25) is 0 Å². The van der Waals surface area contributed by atoms with Crippen LogP contribution < -0.4 is 5.73 Å². The molecule has 1 aromatic heterocycles. The highest BCUT2D eigenvalue weighted by Gasteiger charge is 2.56. The number of hydrogen-bond donors (Lipinski definition) is 2. The van der Waals surface area contributed by atoms with E-state index in [1.165, 1.54) is 17.0 Å². The van der Waals surface area contributed by atoms with Gasteiger partial charge in [-0.15, -0.1) is 0 Å². The predicted molar refractivity (Wildman–Crippen MR) is 54.8 cm³/mol. The number of aryl methyl sites for hydroxylation is 2. The van der Waals surface area contributed by atoms with Crippen molar-refractivity contribution in [2.45, 2.75) is 39.7 Å². The summed E-state index contributed by atoms with van der Waals surface area (Å²) in [5.74, 6) is 0.553. The molecule has 72 valence electrons. The number of nitrogens with two attached hydrogens (primary N) is 1. The molecule has 0 aliphatic heterocycles. The molecule has 0 unspecified atom stereocenters. The highest BCUT2D eigenvalue weighted by atomic mass is 14.9. The normalized spacial score (nSPS) is 30.5. The molecule has 1 heterocycles. The van der Waals surface area contributed by atoms with E-state index in [1.54, 1.807) is 0 Å². The van der Waals surface area contributed by atoms with Crippen molar-refractivity contribution in [1.82, 2.24) is 4.98 Å². The van der Waals surface area contributed by atoms with Gasteiger partial charge in [0.15, 0.2) is 0 Å². The second kappa shape index (κ2) is 2.38. The summed E-state index contributed by atoms with van der Waals surface area (Å²) in [5, 5.41) is 0. The molecule has 1 aliphatic carbocycles. The summed E-state index contributed by atoms with van der Waals surface area (Å²) in [6.07, 6.45) is 0. The molecule has 0 saturated heterocycles. The van der Waals surface area contributed by atoms with Crippen molar-refractivity contribution in [2.75, 3.05) is 0 Å². The SMILES string of the molecule is Cc1cc([C@@H]2[C@@H](N)C2(C)C)c(C)[nH]1. The van der Waals surface area contributed by atoms with E-state index in [9.17, 15) is 0 Å². The lowest BCUT2D eigenvalue weighted by Gasteiger charge is -2.00. The zero-order valence-corrected chi connectivity index (χ0v) is 8.81. The summed E-state index contributed by atoms with van der Waals surface area (Å²) >= 11 is 0. The Morgan fingerprint density at radius 2 is 1.92 bits per heavy atom. The number of rotatable bonds is 1. The number of nitrogens with one attached hydrogen (secondary N) is 1. The molecule has 1 fully saturated rings. The molecule has 0 radical (unpaired) electrons. The first-order valence-electron chi connectivity index (χ1n) is 4.86. The van der Waals surface area contributed by atoms with E-state index < -0.39 is 0 Å². The van der Waals surface area contributed by atoms with E-state index in [-0.39, 0.29) is 0 Å². The molecule has 2 nitrogen and oxygen atoms in total. The van der Waals surface area contributed by atoms with E-state index in [0.717, 1.165) is 0 Å². The summed E-state index contributed by atoms with van der Waals surface area (Å²) in [6.45, 7) is 8.70. The van der Waals surface area contributed by atoms with Crippen LogP contribution in [0.5, 0.6) is 0 Å². The lowest BCUT2D eigenvalue weighted by atomic mass is 10.0. The van der Waals surface area contributed by atoms with E-state index in [0.29, 0.717) is 17.4 Å². The zero-order chi connectivity index (χ0) is 9.80. The lowest BCUT2D eigenvalue weighted by molar-refractivity contribution is 0.598. The van der Waals surface area contributed by atoms with Crippen LogP contribution in [-0.4, -0.2) is 11.0 Å². The van der Waals surface area contributed by atoms with Gasteiger partial charge in [-0.1, -0.05) is 13.8 Å². The Bertz CT molecular complexity index is 336. The molecule has 1 saturated carbocycles. The highest BCUT2D eigenvalue weighted by Crippen LogP contribution is 2.57. The Balaban J connectivity index is 2.34. The van der Waals surface area contributed by atoms with Crippen LogP contribution in [0.3, 0.4) is 0 Å². The molecule has 1 aliphatic rings. The van der Waals surface area contributed by atoms with Crippen molar-refractivity contribution in [1.29, 1.82) is 0 Å². The minimum Gasteiger partial charge on any atom is -0.362 e. The molecule has 2 rings (SSSR count). The van der Waals surface area contributed by atoms with Crippen LogP contribution in [-0.2, 0) is 0 Å². The zero-order valence-electron chi connectivity index (χ0n) is 8.81. The molecule has 0 spiro atoms. The van der Waals surface area contributed by atoms with Crippen molar-refractivity contribution in [3.05, 3.63) is 23.0 Å². The fourth-order valence-electron chi connectivity index (χ4n) is 2.34. The maximum absolute atomic E-state index is 6.04. The van der Waals surface area contributed by atoms with Crippen LogP contribution >= 0.6 is 0 Å². The Hall–Kier alpha value is -0.760. The Labute approximate surface area is 79.5 Å². The number of aromatic nitrogens is 1. The number of hydrogen-bond acceptors (Lipinski definition) is 1. The van der Waals surface area contributed by atoms with Crippen LogP contribution in [0.4, 0.5) is 0 Å². The fourth-order valence-corrected chi connectivity index (χ4v) is 2.34. The van der Waals surface area contributed by atoms with Gasteiger partial charge in [-0.25, -0.2) is 0 Å². The van der Waals surface area contributed by atoms with Crippen LogP contribution in [0, 0.1) is 19.3 Å². The third kappa shape index (κ3) is 1.12. The summed E-state index contributed by atoms with van der Waals surface area (Å²) < 4.78 is 0. The molecule has 3 N–H and O–H groups in total. The summed E-state index contributed by atoms with van der Waals surface area (Å²) in [6, 6.07) is 2.57. The quantitative estimate of drug-likeness (QED) is 0.679. The molecule has 13 heavy (non-hydrogen) atoms. The Morgan fingerprint density at radius 3 is 2.23 bits per heavy atom. The van der Waals surface area contributed by atoms with Gasteiger partial charge in [0.25, 0.3) is 0 Å². The van der Waals surface area contributed by atoms with Crippen molar-refractivity contribution in [3.8, 4) is 0 Å². The first-order valence-corrected chi connectivity index (χ1v) is 4.86. The Kier molecular flexibility index (Phi) is 1.62. The standard InChI is InChI=1S/C11H18N2/c1-6-5-8(7(2)13-6)9-10(12)11(9,3)4/h5,9-10,13H,12H2,1-4H3/t9-,10-/m1/s1. The number of H-pyrrole nitrogens is 1. The smallest absolute Gasteiger partial charge is 0.0172 e. The third-order valence-corrected chi connectivity index (χ3v) is 3.44. The molecule has 2 heteroatoms. The Morgan fingerprint density at radius 1 is 1.38 bits per heavy atom. The van der Waals surface area contributed by atoms with Gasteiger partial charge in [-0.2, -0.15) is 0 Å². The second-order valence-corrected chi connectivity index (χ2v) is 4.86. The van der Waals surface area contributed by atoms with Gasteiger partial charge < -0.3 is 10.7 Å². The van der Waals surface area contributed by atoms with Crippen molar-refractivity contribution in [2.24, 2.45) is 11.1 Å². The first-order chi connectivity index (χ1) is 5.94. The predicted octanol–water partition coefficient (Wildman–Crippen LogP) is 2.08. The largest absolute Gasteiger partial charge is 0.362 e. The van der Waals surface area contributed by atoms with E-state index in [2.05, 4.69) is 38.7 Å². The molecule has 0 amide bonds. The van der Waals surface area contributed by atoms with E-state index >= 15 is 0 Å². The van der Waals surface area contributed by atoms with Crippen molar-refractivity contribution < 1.29 is 0 Å². The maximum Gasteiger partial charge on any atom is 0.0172 e. The van der Waals surface area contributed by atoms with Gasteiger partial charge in [0.05, 0.1) is 0 Å². The lowest BCUT2D eigenvalue weighted by Crippen LogP contribution is -2.06. The average Bonchev–Trinajstić information content (AvgIpc) is 2.36. The third-order valence-electron chi connectivity index (χ3n) is 3.44. The fraction of sp³-hybridized carbons (Fsp3) is 0.636. The molecular weight excluding hydrogens is 160 g/mol. The summed E-state index contributed by atoms with van der Waals surface area (Å²) in [7, 11) is 0. The van der Waals surface area contributed by atoms with Gasteiger partial charge in [0, 0.05) is 23.3 Å². The molecule has 0 bridgehead atoms. The van der Waals surface area contributed by atoms with Gasteiger partial charge in [-0.3, -0.25) is 0 Å².